The van der Waals surface area contributed by atoms with Crippen LogP contribution in [0.15, 0.2) is 24.3 Å². The summed E-state index contributed by atoms with van der Waals surface area (Å²) >= 11 is 6.05. The van der Waals surface area contributed by atoms with Crippen LogP contribution in [0.25, 0.3) is 0 Å². The smallest absolute Gasteiger partial charge is 0.330 e. The number of esters is 1. The predicted molar refractivity (Wildman–Crippen MR) is 78.8 cm³/mol. The molecule has 6 heteroatoms. The van der Waals surface area contributed by atoms with E-state index in [9.17, 15) is 4.79 Å². The van der Waals surface area contributed by atoms with E-state index in [4.69, 9.17) is 25.8 Å². The molecule has 1 N–H and O–H groups in total. The van der Waals surface area contributed by atoms with E-state index in [1.807, 2.05) is 0 Å². The van der Waals surface area contributed by atoms with Gasteiger partial charge in [0.25, 0.3) is 0 Å². The highest BCUT2D eigenvalue weighted by Gasteiger charge is 2.08. The maximum absolute atomic E-state index is 11.1. The third-order valence-corrected chi connectivity index (χ3v) is 2.72. The van der Waals surface area contributed by atoms with Crippen LogP contribution in [0.5, 0.6) is 11.5 Å². The molecule has 0 saturated carbocycles. The van der Waals surface area contributed by atoms with Gasteiger partial charge in [0.05, 0.1) is 31.5 Å². The van der Waals surface area contributed by atoms with Gasteiger partial charge in [-0.2, -0.15) is 0 Å². The van der Waals surface area contributed by atoms with E-state index in [0.717, 1.165) is 0 Å². The van der Waals surface area contributed by atoms with Gasteiger partial charge in [-0.25, -0.2) is 4.79 Å². The first-order chi connectivity index (χ1) is 9.62. The van der Waals surface area contributed by atoms with Crippen LogP contribution in [0.2, 0.25) is 5.02 Å². The summed E-state index contributed by atoms with van der Waals surface area (Å²) in [4.78, 5) is 11.1. The Morgan fingerprint density at radius 3 is 2.60 bits per heavy atom. The van der Waals surface area contributed by atoms with E-state index in [2.05, 4.69) is 5.32 Å². The minimum absolute atomic E-state index is 0.360. The van der Waals surface area contributed by atoms with Crippen molar-refractivity contribution < 1.29 is 19.0 Å². The number of rotatable bonds is 7. The van der Waals surface area contributed by atoms with E-state index in [1.54, 1.807) is 32.2 Å². The van der Waals surface area contributed by atoms with Crippen molar-refractivity contribution in [1.82, 2.24) is 0 Å². The lowest BCUT2D eigenvalue weighted by Gasteiger charge is -2.12. The number of hydrogen-bond acceptors (Lipinski definition) is 5. The molecule has 0 heterocycles. The van der Waals surface area contributed by atoms with E-state index in [-0.39, 0.29) is 5.97 Å². The lowest BCUT2D eigenvalue weighted by Crippen LogP contribution is -2.04. The average Bonchev–Trinajstić information content (AvgIpc) is 2.44. The Kier molecular flexibility index (Phi) is 6.73. The summed E-state index contributed by atoms with van der Waals surface area (Å²) in [6, 6.07) is 3.40. The van der Waals surface area contributed by atoms with Crippen LogP contribution < -0.4 is 14.8 Å². The number of carbonyl (C=O) groups is 1. The Labute approximate surface area is 123 Å². The maximum Gasteiger partial charge on any atom is 0.330 e. The molecule has 0 aliphatic rings. The zero-order chi connectivity index (χ0) is 15.0. The molecule has 0 amide bonds. The Bertz CT molecular complexity index is 488. The van der Waals surface area contributed by atoms with Crippen LogP contribution >= 0.6 is 11.6 Å². The van der Waals surface area contributed by atoms with Gasteiger partial charge >= 0.3 is 5.97 Å². The molecule has 0 radical (unpaired) electrons. The van der Waals surface area contributed by atoms with Crippen molar-refractivity contribution in [2.24, 2.45) is 0 Å². The Morgan fingerprint density at radius 2 is 2.00 bits per heavy atom. The van der Waals surface area contributed by atoms with Gasteiger partial charge in [-0.3, -0.25) is 0 Å². The molecular formula is C14H18ClNO4. The first-order valence-corrected chi connectivity index (χ1v) is 6.48. The third kappa shape index (κ3) is 4.66. The minimum Gasteiger partial charge on any atom is -0.495 e. The van der Waals surface area contributed by atoms with Crippen molar-refractivity contribution in [3.8, 4) is 11.5 Å². The van der Waals surface area contributed by atoms with Gasteiger partial charge in [-0.1, -0.05) is 17.7 Å². The summed E-state index contributed by atoms with van der Waals surface area (Å²) in [5.74, 6) is 0.779. The normalized spacial score (nSPS) is 10.4. The number of ether oxygens (including phenoxy) is 3. The molecule has 20 heavy (non-hydrogen) atoms. The first kappa shape index (κ1) is 16.2. The second-order valence-corrected chi connectivity index (χ2v) is 4.13. The third-order valence-electron chi connectivity index (χ3n) is 2.42. The van der Waals surface area contributed by atoms with Gasteiger partial charge < -0.3 is 19.5 Å². The molecule has 1 aromatic carbocycles. The van der Waals surface area contributed by atoms with Crippen molar-refractivity contribution in [2.75, 3.05) is 32.7 Å². The summed E-state index contributed by atoms with van der Waals surface area (Å²) < 4.78 is 15.1. The van der Waals surface area contributed by atoms with E-state index in [1.165, 1.54) is 13.2 Å². The number of benzene rings is 1. The van der Waals surface area contributed by atoms with Crippen LogP contribution in [0, 0.1) is 0 Å². The SMILES string of the molecule is CCOC(=O)/C=C/CNc1cc(Cl)c(OC)cc1OC. The zero-order valence-electron chi connectivity index (χ0n) is 11.7. The monoisotopic (exact) mass is 299 g/mol. The number of hydrogen-bond donors (Lipinski definition) is 1. The predicted octanol–water partition coefficient (Wildman–Crippen LogP) is 2.89. The highest BCUT2D eigenvalue weighted by Crippen LogP contribution is 2.35. The number of anilines is 1. The van der Waals surface area contributed by atoms with Crippen LogP contribution in [-0.2, 0) is 9.53 Å². The average molecular weight is 300 g/mol. The lowest BCUT2D eigenvalue weighted by molar-refractivity contribution is -0.137. The number of halogens is 1. The second kappa shape index (κ2) is 8.32. The summed E-state index contributed by atoms with van der Waals surface area (Å²) in [6.07, 6.45) is 3.03. The molecule has 5 nitrogen and oxygen atoms in total. The molecule has 0 spiro atoms. The quantitative estimate of drug-likeness (QED) is 0.620. The van der Waals surface area contributed by atoms with E-state index in [0.29, 0.717) is 35.4 Å². The molecule has 0 fully saturated rings. The number of nitrogens with one attached hydrogen (secondary N) is 1. The topological polar surface area (TPSA) is 56.8 Å². The molecule has 110 valence electrons. The molecule has 0 aliphatic carbocycles. The largest absolute Gasteiger partial charge is 0.495 e. The molecule has 0 aromatic heterocycles. The zero-order valence-corrected chi connectivity index (χ0v) is 12.5. The molecule has 0 aliphatic heterocycles. The first-order valence-electron chi connectivity index (χ1n) is 6.11. The van der Waals surface area contributed by atoms with Gasteiger partial charge in [0.15, 0.2) is 0 Å². The van der Waals surface area contributed by atoms with Crippen molar-refractivity contribution in [3.63, 3.8) is 0 Å². The Hall–Kier alpha value is -1.88. The van der Waals surface area contributed by atoms with Gasteiger partial charge in [0.2, 0.25) is 0 Å². The van der Waals surface area contributed by atoms with Crippen LogP contribution in [0.4, 0.5) is 5.69 Å². The van der Waals surface area contributed by atoms with Crippen LogP contribution in [0.1, 0.15) is 6.92 Å². The number of carbonyl (C=O) groups excluding carboxylic acids is 1. The van der Waals surface area contributed by atoms with Crippen molar-refractivity contribution >= 4 is 23.3 Å². The summed E-state index contributed by atoms with van der Waals surface area (Å²) in [6.45, 7) is 2.56. The highest BCUT2D eigenvalue weighted by atomic mass is 35.5. The number of methoxy groups -OCH3 is 2. The van der Waals surface area contributed by atoms with E-state index >= 15 is 0 Å². The lowest BCUT2D eigenvalue weighted by atomic mass is 10.2. The Balaban J connectivity index is 2.68. The molecule has 0 bridgehead atoms. The molecule has 0 unspecified atom stereocenters. The van der Waals surface area contributed by atoms with Gasteiger partial charge in [0.1, 0.15) is 11.5 Å². The van der Waals surface area contributed by atoms with Gasteiger partial charge in [-0.15, -0.1) is 0 Å². The van der Waals surface area contributed by atoms with Crippen LogP contribution in [-0.4, -0.2) is 33.3 Å². The van der Waals surface area contributed by atoms with E-state index < -0.39 is 0 Å². The fourth-order valence-electron chi connectivity index (χ4n) is 1.51. The van der Waals surface area contributed by atoms with Crippen molar-refractivity contribution in [1.29, 1.82) is 0 Å². The van der Waals surface area contributed by atoms with Gasteiger partial charge in [0, 0.05) is 18.7 Å². The molecule has 0 saturated heterocycles. The van der Waals surface area contributed by atoms with Crippen molar-refractivity contribution in [3.05, 3.63) is 29.3 Å². The van der Waals surface area contributed by atoms with Crippen molar-refractivity contribution in [2.45, 2.75) is 6.92 Å². The minimum atomic E-state index is -0.367. The Morgan fingerprint density at radius 1 is 1.30 bits per heavy atom. The summed E-state index contributed by atoms with van der Waals surface area (Å²) in [5, 5.41) is 3.57. The summed E-state index contributed by atoms with van der Waals surface area (Å²) in [5.41, 5.74) is 0.715. The molecule has 1 rings (SSSR count). The molecule has 1 aromatic rings. The molecule has 0 atom stereocenters. The van der Waals surface area contributed by atoms with Crippen LogP contribution in [0.3, 0.4) is 0 Å². The maximum atomic E-state index is 11.1. The fraction of sp³-hybridized carbons (Fsp3) is 0.357. The summed E-state index contributed by atoms with van der Waals surface area (Å²) in [7, 11) is 3.10. The second-order valence-electron chi connectivity index (χ2n) is 3.72. The fourth-order valence-corrected chi connectivity index (χ4v) is 1.75. The highest BCUT2D eigenvalue weighted by molar-refractivity contribution is 6.32. The molecular weight excluding hydrogens is 282 g/mol. The van der Waals surface area contributed by atoms with Gasteiger partial charge in [-0.05, 0) is 13.0 Å². The standard InChI is InChI=1S/C14H18ClNO4/c1-4-20-14(17)6-5-7-16-11-8-10(15)12(18-2)9-13(11)19-3/h5-6,8-9,16H,4,7H2,1-3H3/b6-5+.